The fourth-order valence-electron chi connectivity index (χ4n) is 4.22. The molecule has 1 aliphatic rings. The third-order valence-corrected chi connectivity index (χ3v) is 6.11. The van der Waals surface area contributed by atoms with Crippen molar-refractivity contribution in [3.63, 3.8) is 0 Å². The van der Waals surface area contributed by atoms with Gasteiger partial charge in [0, 0.05) is 38.5 Å². The standard InChI is InChI=1S/C26H22Cl2N2O3/c1-15-10-18(16(2)29(15)22-13-19(27)12-20(28)14-22)11-23-25(31)24(26(32)33-4)17(3)30(23)21-8-6-5-7-9-21/h5-14H,1-4H3/b23-11-. The van der Waals surface area contributed by atoms with Gasteiger partial charge in [-0.1, -0.05) is 41.4 Å². The third kappa shape index (κ3) is 4.10. The molecule has 1 aliphatic heterocycles. The summed E-state index contributed by atoms with van der Waals surface area (Å²) in [5.74, 6) is -1.03. The van der Waals surface area contributed by atoms with Crippen LogP contribution < -0.4 is 4.90 Å². The SMILES string of the molecule is COC(=O)C1=C(C)N(c2ccccc2)/C(=C\c2cc(C)n(-c3cc(Cl)cc(Cl)c3)c2C)C1=O. The minimum absolute atomic E-state index is 0.0306. The van der Waals surface area contributed by atoms with E-state index in [9.17, 15) is 9.59 Å². The molecule has 168 valence electrons. The van der Waals surface area contributed by atoms with Gasteiger partial charge < -0.3 is 14.2 Å². The Morgan fingerprint density at radius 3 is 2.18 bits per heavy atom. The van der Waals surface area contributed by atoms with Gasteiger partial charge in [0.15, 0.2) is 0 Å². The predicted octanol–water partition coefficient (Wildman–Crippen LogP) is 6.28. The first-order chi connectivity index (χ1) is 15.7. The average molecular weight is 481 g/mol. The maximum Gasteiger partial charge on any atom is 0.343 e. The number of carbonyl (C=O) groups is 2. The molecule has 0 N–H and O–H groups in total. The number of nitrogens with zero attached hydrogens (tertiary/aromatic N) is 2. The van der Waals surface area contributed by atoms with E-state index >= 15 is 0 Å². The monoisotopic (exact) mass is 480 g/mol. The van der Waals surface area contributed by atoms with Gasteiger partial charge in [-0.25, -0.2) is 4.79 Å². The van der Waals surface area contributed by atoms with Crippen LogP contribution in [0.5, 0.6) is 0 Å². The quantitative estimate of drug-likeness (QED) is 0.250. The van der Waals surface area contributed by atoms with E-state index in [-0.39, 0.29) is 11.4 Å². The van der Waals surface area contributed by atoms with Crippen molar-refractivity contribution in [2.75, 3.05) is 12.0 Å². The molecule has 0 aliphatic carbocycles. The highest BCUT2D eigenvalue weighted by atomic mass is 35.5. The molecular weight excluding hydrogens is 459 g/mol. The van der Waals surface area contributed by atoms with Crippen LogP contribution in [0.2, 0.25) is 10.0 Å². The van der Waals surface area contributed by atoms with Crippen molar-refractivity contribution >= 4 is 46.7 Å². The van der Waals surface area contributed by atoms with E-state index in [2.05, 4.69) is 0 Å². The van der Waals surface area contributed by atoms with Crippen molar-refractivity contribution in [2.24, 2.45) is 0 Å². The highest BCUT2D eigenvalue weighted by Gasteiger charge is 2.38. The lowest BCUT2D eigenvalue weighted by molar-refractivity contribution is -0.137. The molecule has 0 atom stereocenters. The smallest absolute Gasteiger partial charge is 0.343 e. The molecule has 1 aromatic heterocycles. The molecule has 0 fully saturated rings. The number of halogens is 2. The van der Waals surface area contributed by atoms with Crippen molar-refractivity contribution in [2.45, 2.75) is 20.8 Å². The van der Waals surface area contributed by atoms with Crippen LogP contribution in [0.3, 0.4) is 0 Å². The summed E-state index contributed by atoms with van der Waals surface area (Å²) in [5.41, 5.74) is 5.24. The molecule has 0 saturated carbocycles. The van der Waals surface area contributed by atoms with Gasteiger partial charge in [0.25, 0.3) is 0 Å². The second-order valence-electron chi connectivity index (χ2n) is 7.77. The van der Waals surface area contributed by atoms with Crippen LogP contribution >= 0.6 is 23.2 Å². The number of carbonyl (C=O) groups excluding carboxylic acids is 2. The summed E-state index contributed by atoms with van der Waals surface area (Å²) < 4.78 is 6.91. The number of rotatable bonds is 4. The second kappa shape index (κ2) is 8.93. The summed E-state index contributed by atoms with van der Waals surface area (Å²) in [7, 11) is 1.27. The Labute approximate surface area is 202 Å². The summed E-state index contributed by atoms with van der Waals surface area (Å²) >= 11 is 12.4. The molecule has 0 spiro atoms. The summed E-state index contributed by atoms with van der Waals surface area (Å²) in [6.07, 6.45) is 1.81. The maximum atomic E-state index is 13.4. The summed E-state index contributed by atoms with van der Waals surface area (Å²) in [4.78, 5) is 27.5. The van der Waals surface area contributed by atoms with E-state index in [0.717, 1.165) is 28.3 Å². The van der Waals surface area contributed by atoms with Crippen molar-refractivity contribution in [1.82, 2.24) is 4.57 Å². The Balaban J connectivity index is 1.87. The lowest BCUT2D eigenvalue weighted by atomic mass is 10.1. The first-order valence-electron chi connectivity index (χ1n) is 10.3. The number of para-hydroxylation sites is 1. The number of Topliss-reactive ketones (excluding diaryl/α,β-unsaturated/α-hetero) is 1. The fourth-order valence-corrected chi connectivity index (χ4v) is 4.73. The van der Waals surface area contributed by atoms with Crippen molar-refractivity contribution in [3.05, 3.63) is 98.6 Å². The molecule has 2 heterocycles. The fraction of sp³-hybridized carbons (Fsp3) is 0.154. The largest absolute Gasteiger partial charge is 0.465 e. The number of aromatic nitrogens is 1. The normalized spacial score (nSPS) is 15.0. The molecule has 0 bridgehead atoms. The van der Waals surface area contributed by atoms with Gasteiger partial charge in [-0.05, 0) is 68.8 Å². The van der Waals surface area contributed by atoms with Gasteiger partial charge in [0.2, 0.25) is 5.78 Å². The Kier molecular flexibility index (Phi) is 6.19. The first kappa shape index (κ1) is 22.9. The van der Waals surface area contributed by atoms with Crippen LogP contribution in [0.4, 0.5) is 5.69 Å². The highest BCUT2D eigenvalue weighted by molar-refractivity contribution is 6.35. The molecule has 3 aromatic rings. The van der Waals surface area contributed by atoms with E-state index in [4.69, 9.17) is 27.9 Å². The minimum atomic E-state index is -0.652. The molecule has 0 saturated heterocycles. The molecule has 5 nitrogen and oxygen atoms in total. The lowest BCUT2D eigenvalue weighted by Gasteiger charge is -2.21. The zero-order valence-electron chi connectivity index (χ0n) is 18.6. The van der Waals surface area contributed by atoms with Crippen LogP contribution in [-0.2, 0) is 14.3 Å². The van der Waals surface area contributed by atoms with Gasteiger partial charge in [-0.15, -0.1) is 0 Å². The van der Waals surface area contributed by atoms with Crippen molar-refractivity contribution in [3.8, 4) is 5.69 Å². The Morgan fingerprint density at radius 2 is 1.58 bits per heavy atom. The number of anilines is 1. The zero-order chi connectivity index (χ0) is 23.9. The van der Waals surface area contributed by atoms with Gasteiger partial charge in [0.1, 0.15) is 5.57 Å². The van der Waals surface area contributed by atoms with Crippen LogP contribution in [-0.4, -0.2) is 23.4 Å². The summed E-state index contributed by atoms with van der Waals surface area (Å²) in [6, 6.07) is 16.8. The van der Waals surface area contributed by atoms with Crippen LogP contribution in [0.15, 0.2) is 71.6 Å². The van der Waals surface area contributed by atoms with Crippen molar-refractivity contribution < 1.29 is 14.3 Å². The summed E-state index contributed by atoms with van der Waals surface area (Å²) in [6.45, 7) is 5.68. The maximum absolute atomic E-state index is 13.4. The number of aryl methyl sites for hydroxylation is 1. The Hall–Kier alpha value is -3.28. The Morgan fingerprint density at radius 1 is 0.939 bits per heavy atom. The second-order valence-corrected chi connectivity index (χ2v) is 8.64. The first-order valence-corrected chi connectivity index (χ1v) is 11.0. The third-order valence-electron chi connectivity index (χ3n) is 5.67. The van der Waals surface area contributed by atoms with E-state index < -0.39 is 5.97 Å². The molecule has 0 unspecified atom stereocenters. The van der Waals surface area contributed by atoms with E-state index in [0.29, 0.717) is 21.4 Å². The molecule has 7 heteroatoms. The van der Waals surface area contributed by atoms with Crippen LogP contribution in [0.25, 0.3) is 11.8 Å². The van der Waals surface area contributed by atoms with Crippen molar-refractivity contribution in [1.29, 1.82) is 0 Å². The number of esters is 1. The number of methoxy groups -OCH3 is 1. The highest BCUT2D eigenvalue weighted by Crippen LogP contribution is 2.36. The van der Waals surface area contributed by atoms with Gasteiger partial charge >= 0.3 is 5.97 Å². The van der Waals surface area contributed by atoms with E-state index in [1.165, 1.54) is 7.11 Å². The van der Waals surface area contributed by atoms with Crippen LogP contribution in [0, 0.1) is 13.8 Å². The number of hydrogen-bond donors (Lipinski definition) is 0. The molecule has 4 rings (SSSR count). The number of allylic oxidation sites excluding steroid dienone is 2. The van der Waals surface area contributed by atoms with Gasteiger partial charge in [-0.2, -0.15) is 0 Å². The molecule has 2 aromatic carbocycles. The van der Waals surface area contributed by atoms with E-state index in [1.807, 2.05) is 66.9 Å². The lowest BCUT2D eigenvalue weighted by Crippen LogP contribution is -2.18. The average Bonchev–Trinajstić information content (AvgIpc) is 3.19. The van der Waals surface area contributed by atoms with E-state index in [1.54, 1.807) is 24.0 Å². The summed E-state index contributed by atoms with van der Waals surface area (Å²) in [5, 5.41) is 1.07. The minimum Gasteiger partial charge on any atom is -0.465 e. The molecule has 33 heavy (non-hydrogen) atoms. The number of ketones is 1. The number of ether oxygens (including phenoxy) is 1. The predicted molar refractivity (Wildman–Crippen MR) is 132 cm³/mol. The van der Waals surface area contributed by atoms with Crippen LogP contribution in [0.1, 0.15) is 23.9 Å². The Bertz CT molecular complexity index is 1320. The molecular formula is C26H22Cl2N2O3. The topological polar surface area (TPSA) is 51.5 Å². The van der Waals surface area contributed by atoms with Gasteiger partial charge in [-0.3, -0.25) is 4.79 Å². The zero-order valence-corrected chi connectivity index (χ0v) is 20.2. The number of hydrogen-bond acceptors (Lipinski definition) is 4. The number of benzene rings is 2. The molecule has 0 amide bonds. The van der Waals surface area contributed by atoms with Gasteiger partial charge in [0.05, 0.1) is 12.8 Å². The molecule has 0 radical (unpaired) electrons.